The number of anilines is 1. The van der Waals surface area contributed by atoms with Gasteiger partial charge in [0.25, 0.3) is 0 Å². The number of halogens is 1. The number of sulfonamides is 1. The van der Waals surface area contributed by atoms with Gasteiger partial charge >= 0.3 is 0 Å². The van der Waals surface area contributed by atoms with Crippen molar-refractivity contribution in [2.45, 2.75) is 19.1 Å². The van der Waals surface area contributed by atoms with Crippen LogP contribution >= 0.6 is 0 Å². The Kier molecular flexibility index (Phi) is 7.41. The molecule has 1 amide bonds. The van der Waals surface area contributed by atoms with Gasteiger partial charge < -0.3 is 10.1 Å². The minimum Gasteiger partial charge on any atom is -0.374 e. The lowest BCUT2D eigenvalue weighted by molar-refractivity contribution is -0.121. The summed E-state index contributed by atoms with van der Waals surface area (Å²) in [5, 5.41) is 2.89. The summed E-state index contributed by atoms with van der Waals surface area (Å²) in [6, 6.07) is 13.2. The van der Waals surface area contributed by atoms with Gasteiger partial charge in [-0.05, 0) is 35.4 Å². The maximum absolute atomic E-state index is 13.4. The fourth-order valence-electron chi connectivity index (χ4n) is 3.32. The average Bonchev–Trinajstić information content (AvgIpc) is 2.67. The Morgan fingerprint density at radius 3 is 2.67 bits per heavy atom. The molecule has 7 nitrogen and oxygen atoms in total. The first-order valence-corrected chi connectivity index (χ1v) is 11.6. The number of hydrogen-bond donors (Lipinski definition) is 2. The van der Waals surface area contributed by atoms with Gasteiger partial charge in [-0.1, -0.05) is 24.3 Å². The van der Waals surface area contributed by atoms with E-state index in [2.05, 4.69) is 14.9 Å². The predicted octanol–water partition coefficient (Wildman–Crippen LogP) is 1.76. The molecule has 0 aliphatic carbocycles. The SMILES string of the molecule is CS(=O)(=O)Nc1ccc(CC(=O)NCC2CN(Cc3cccc(F)c3)CCO2)cc1. The molecule has 1 aliphatic rings. The van der Waals surface area contributed by atoms with Crippen LogP contribution in [0.4, 0.5) is 10.1 Å². The number of carbonyl (C=O) groups excluding carboxylic acids is 1. The summed E-state index contributed by atoms with van der Waals surface area (Å²) >= 11 is 0. The molecule has 1 atom stereocenters. The number of rotatable bonds is 8. The minimum atomic E-state index is -3.33. The van der Waals surface area contributed by atoms with Crippen molar-refractivity contribution in [3.63, 3.8) is 0 Å². The highest BCUT2D eigenvalue weighted by atomic mass is 32.2. The van der Waals surface area contributed by atoms with Gasteiger partial charge in [0.15, 0.2) is 0 Å². The van der Waals surface area contributed by atoms with Crippen molar-refractivity contribution in [3.05, 3.63) is 65.5 Å². The topological polar surface area (TPSA) is 87.7 Å². The Hall–Kier alpha value is -2.49. The van der Waals surface area contributed by atoms with Crippen molar-refractivity contribution < 1.29 is 22.3 Å². The highest BCUT2D eigenvalue weighted by Gasteiger charge is 2.21. The van der Waals surface area contributed by atoms with Crippen LogP contribution in [0.2, 0.25) is 0 Å². The molecule has 1 aliphatic heterocycles. The molecule has 2 N–H and O–H groups in total. The molecule has 0 aromatic heterocycles. The highest BCUT2D eigenvalue weighted by molar-refractivity contribution is 7.92. The maximum Gasteiger partial charge on any atom is 0.229 e. The van der Waals surface area contributed by atoms with Gasteiger partial charge in [0.05, 0.1) is 25.4 Å². The van der Waals surface area contributed by atoms with Crippen molar-refractivity contribution in [2.24, 2.45) is 0 Å². The van der Waals surface area contributed by atoms with Crippen LogP contribution in [0.15, 0.2) is 48.5 Å². The van der Waals surface area contributed by atoms with E-state index in [1.54, 1.807) is 30.3 Å². The van der Waals surface area contributed by atoms with Gasteiger partial charge in [0.2, 0.25) is 15.9 Å². The van der Waals surface area contributed by atoms with E-state index in [1.165, 1.54) is 12.1 Å². The first-order chi connectivity index (χ1) is 14.3. The zero-order valence-corrected chi connectivity index (χ0v) is 17.6. The molecule has 30 heavy (non-hydrogen) atoms. The molecule has 0 spiro atoms. The number of hydrogen-bond acceptors (Lipinski definition) is 5. The first-order valence-electron chi connectivity index (χ1n) is 9.69. The summed E-state index contributed by atoms with van der Waals surface area (Å²) in [4.78, 5) is 14.4. The smallest absolute Gasteiger partial charge is 0.229 e. The summed E-state index contributed by atoms with van der Waals surface area (Å²) in [7, 11) is -3.33. The number of amides is 1. The number of nitrogens with one attached hydrogen (secondary N) is 2. The van der Waals surface area contributed by atoms with Crippen molar-refractivity contribution in [3.8, 4) is 0 Å². The molecule has 162 valence electrons. The molecule has 3 rings (SSSR count). The molecule has 0 saturated carbocycles. The molecule has 2 aromatic carbocycles. The second-order valence-corrected chi connectivity index (χ2v) is 9.16. The molecule has 0 radical (unpaired) electrons. The molecule has 1 saturated heterocycles. The largest absolute Gasteiger partial charge is 0.374 e. The molecule has 1 heterocycles. The van der Waals surface area contributed by atoms with Crippen LogP contribution < -0.4 is 10.0 Å². The molecule has 0 bridgehead atoms. The van der Waals surface area contributed by atoms with E-state index in [1.807, 2.05) is 6.07 Å². The van der Waals surface area contributed by atoms with Crippen LogP contribution in [-0.4, -0.2) is 57.8 Å². The van der Waals surface area contributed by atoms with Crippen LogP contribution in [-0.2, 0) is 32.5 Å². The number of morpholine rings is 1. The molecular weight excluding hydrogens is 409 g/mol. The standard InChI is InChI=1S/C21H26FN3O4S/c1-30(27,28)24-19-7-5-16(6-8-19)12-21(26)23-13-20-15-25(9-10-29-20)14-17-3-2-4-18(22)11-17/h2-8,11,20,24H,9-10,12-15H2,1H3,(H,23,26). The molecule has 1 fully saturated rings. The Morgan fingerprint density at radius 1 is 1.20 bits per heavy atom. The van der Waals surface area contributed by atoms with Gasteiger partial charge in [0.1, 0.15) is 5.82 Å². The fourth-order valence-corrected chi connectivity index (χ4v) is 3.89. The lowest BCUT2D eigenvalue weighted by atomic mass is 10.1. The van der Waals surface area contributed by atoms with E-state index < -0.39 is 10.0 Å². The number of carbonyl (C=O) groups is 1. The lowest BCUT2D eigenvalue weighted by Crippen LogP contribution is -2.47. The summed E-state index contributed by atoms with van der Waals surface area (Å²) in [5.41, 5.74) is 2.15. The Morgan fingerprint density at radius 2 is 1.97 bits per heavy atom. The summed E-state index contributed by atoms with van der Waals surface area (Å²) < 4.78 is 43.9. The van der Waals surface area contributed by atoms with Crippen LogP contribution in [0.25, 0.3) is 0 Å². The summed E-state index contributed by atoms with van der Waals surface area (Å²) in [6.07, 6.45) is 1.15. The second kappa shape index (κ2) is 10.0. The molecule has 1 unspecified atom stereocenters. The summed E-state index contributed by atoms with van der Waals surface area (Å²) in [5.74, 6) is -0.380. The van der Waals surface area contributed by atoms with E-state index >= 15 is 0 Å². The van der Waals surface area contributed by atoms with E-state index in [-0.39, 0.29) is 24.2 Å². The average molecular weight is 436 g/mol. The zero-order chi connectivity index (χ0) is 21.6. The van der Waals surface area contributed by atoms with Crippen LogP contribution in [0, 0.1) is 5.82 Å². The maximum atomic E-state index is 13.4. The van der Waals surface area contributed by atoms with Gasteiger partial charge in [0, 0.05) is 31.9 Å². The summed E-state index contributed by atoms with van der Waals surface area (Å²) in [6.45, 7) is 3.01. The highest BCUT2D eigenvalue weighted by Crippen LogP contribution is 2.13. The van der Waals surface area contributed by atoms with Crippen molar-refractivity contribution in [2.75, 3.05) is 37.2 Å². The molecule has 9 heteroatoms. The van der Waals surface area contributed by atoms with E-state index in [9.17, 15) is 17.6 Å². The van der Waals surface area contributed by atoms with Crippen LogP contribution in [0.3, 0.4) is 0 Å². The van der Waals surface area contributed by atoms with Crippen LogP contribution in [0.5, 0.6) is 0 Å². The minimum absolute atomic E-state index is 0.127. The van der Waals surface area contributed by atoms with Gasteiger partial charge in [-0.15, -0.1) is 0 Å². The van der Waals surface area contributed by atoms with E-state index in [4.69, 9.17) is 4.74 Å². The number of nitrogens with zero attached hydrogens (tertiary/aromatic N) is 1. The quantitative estimate of drug-likeness (QED) is 0.660. The van der Waals surface area contributed by atoms with E-state index in [0.29, 0.717) is 31.9 Å². The van der Waals surface area contributed by atoms with Gasteiger partial charge in [-0.25, -0.2) is 12.8 Å². The van der Waals surface area contributed by atoms with E-state index in [0.717, 1.165) is 23.9 Å². The van der Waals surface area contributed by atoms with Crippen molar-refractivity contribution >= 4 is 21.6 Å². The molecular formula is C21H26FN3O4S. The lowest BCUT2D eigenvalue weighted by Gasteiger charge is -2.33. The van der Waals surface area contributed by atoms with Gasteiger partial charge in [-0.3, -0.25) is 14.4 Å². The second-order valence-electron chi connectivity index (χ2n) is 7.41. The third-order valence-corrected chi connectivity index (χ3v) is 5.27. The number of ether oxygens (including phenoxy) is 1. The van der Waals surface area contributed by atoms with Crippen molar-refractivity contribution in [1.82, 2.24) is 10.2 Å². The van der Waals surface area contributed by atoms with Crippen LogP contribution in [0.1, 0.15) is 11.1 Å². The Labute approximate surface area is 176 Å². The third-order valence-electron chi connectivity index (χ3n) is 4.67. The third kappa shape index (κ3) is 7.40. The predicted molar refractivity (Wildman–Crippen MR) is 113 cm³/mol. The monoisotopic (exact) mass is 435 g/mol. The Balaban J connectivity index is 1.44. The van der Waals surface area contributed by atoms with Crippen molar-refractivity contribution in [1.29, 1.82) is 0 Å². The van der Waals surface area contributed by atoms with Gasteiger partial charge in [-0.2, -0.15) is 0 Å². The first kappa shape index (κ1) is 22.2. The number of benzene rings is 2. The zero-order valence-electron chi connectivity index (χ0n) is 16.8. The normalized spacial score (nSPS) is 17.5. The molecule has 2 aromatic rings. The fraction of sp³-hybridized carbons (Fsp3) is 0.381. The Bertz CT molecular complexity index is 966.